The van der Waals surface area contributed by atoms with Crippen LogP contribution >= 0.6 is 34.5 Å². The van der Waals surface area contributed by atoms with Crippen molar-refractivity contribution in [3.8, 4) is 10.6 Å². The lowest BCUT2D eigenvalue weighted by atomic mass is 10.2. The number of alkyl halides is 1. The highest BCUT2D eigenvalue weighted by Crippen LogP contribution is 2.34. The fourth-order valence-electron chi connectivity index (χ4n) is 1.25. The van der Waals surface area contributed by atoms with E-state index >= 15 is 0 Å². The average molecular weight is 290 g/mol. The molecule has 17 heavy (non-hydrogen) atoms. The van der Waals surface area contributed by atoms with Crippen LogP contribution in [0.15, 0.2) is 18.2 Å². The molecule has 1 heterocycles. The highest BCUT2D eigenvalue weighted by Gasteiger charge is 2.19. The molecule has 0 unspecified atom stereocenters. The zero-order valence-electron chi connectivity index (χ0n) is 8.26. The number of hydrogen-bond donors (Lipinski definition) is 0. The van der Waals surface area contributed by atoms with Gasteiger partial charge >= 0.3 is 0 Å². The van der Waals surface area contributed by atoms with Gasteiger partial charge in [-0.15, -0.1) is 21.8 Å². The van der Waals surface area contributed by atoms with Crippen LogP contribution in [0.25, 0.3) is 10.6 Å². The Morgan fingerprint density at radius 1 is 1.41 bits per heavy atom. The Hall–Kier alpha value is -1.24. The predicted octanol–water partition coefficient (Wildman–Crippen LogP) is 3.51. The highest BCUT2D eigenvalue weighted by atomic mass is 35.5. The molecule has 88 valence electrons. The second-order valence-corrected chi connectivity index (χ2v) is 4.82. The molecule has 0 aliphatic carbocycles. The van der Waals surface area contributed by atoms with Gasteiger partial charge < -0.3 is 0 Å². The zero-order chi connectivity index (χ0) is 12.4. The molecule has 5 nitrogen and oxygen atoms in total. The molecule has 8 heteroatoms. The van der Waals surface area contributed by atoms with Crippen LogP contribution in [0.2, 0.25) is 5.02 Å². The Balaban J connectivity index is 2.54. The molecule has 0 saturated heterocycles. The molecule has 0 atom stereocenters. The van der Waals surface area contributed by atoms with Crippen molar-refractivity contribution in [2.45, 2.75) is 5.88 Å². The van der Waals surface area contributed by atoms with Gasteiger partial charge in [-0.1, -0.05) is 22.9 Å². The molecule has 0 fully saturated rings. The van der Waals surface area contributed by atoms with Crippen molar-refractivity contribution in [2.75, 3.05) is 0 Å². The Kier molecular flexibility index (Phi) is 3.56. The summed E-state index contributed by atoms with van der Waals surface area (Å²) in [6.07, 6.45) is 0. The van der Waals surface area contributed by atoms with Crippen molar-refractivity contribution in [1.82, 2.24) is 10.2 Å². The first-order valence-corrected chi connectivity index (χ1v) is 6.17. The number of nitrogens with zero attached hydrogens (tertiary/aromatic N) is 3. The first kappa shape index (κ1) is 12.2. The lowest BCUT2D eigenvalue weighted by Crippen LogP contribution is -1.91. The third kappa shape index (κ3) is 2.54. The molecule has 0 aliphatic rings. The summed E-state index contributed by atoms with van der Waals surface area (Å²) in [6, 6.07) is 4.42. The normalized spacial score (nSPS) is 10.5. The van der Waals surface area contributed by atoms with Gasteiger partial charge in [-0.05, 0) is 12.1 Å². The van der Waals surface area contributed by atoms with E-state index < -0.39 is 4.92 Å². The van der Waals surface area contributed by atoms with E-state index in [0.717, 1.165) is 0 Å². The molecular weight excluding hydrogens is 285 g/mol. The van der Waals surface area contributed by atoms with E-state index in [-0.39, 0.29) is 11.6 Å². The van der Waals surface area contributed by atoms with Crippen LogP contribution in [0.4, 0.5) is 5.69 Å². The van der Waals surface area contributed by atoms with Gasteiger partial charge in [0.1, 0.15) is 5.01 Å². The maximum atomic E-state index is 10.9. The summed E-state index contributed by atoms with van der Waals surface area (Å²) in [7, 11) is 0. The number of hydrogen-bond acceptors (Lipinski definition) is 5. The average Bonchev–Trinajstić information content (AvgIpc) is 2.77. The zero-order valence-corrected chi connectivity index (χ0v) is 10.6. The molecule has 0 spiro atoms. The summed E-state index contributed by atoms with van der Waals surface area (Å²) >= 11 is 12.6. The Morgan fingerprint density at radius 2 is 2.18 bits per heavy atom. The molecule has 1 aromatic carbocycles. The molecule has 0 bridgehead atoms. The first-order valence-electron chi connectivity index (χ1n) is 4.44. The summed E-state index contributed by atoms with van der Waals surface area (Å²) in [6.45, 7) is 0. The fourth-order valence-corrected chi connectivity index (χ4v) is 2.36. The largest absolute Gasteiger partial charge is 0.281 e. The molecule has 2 aromatic rings. The molecule has 0 radical (unpaired) electrons. The van der Waals surface area contributed by atoms with Crippen LogP contribution in [0.1, 0.15) is 5.01 Å². The van der Waals surface area contributed by atoms with Gasteiger partial charge in [0.25, 0.3) is 5.69 Å². The molecular formula is C9H5Cl2N3O2S. The van der Waals surface area contributed by atoms with Crippen LogP contribution in [0.3, 0.4) is 0 Å². The Labute approximate surface area is 110 Å². The quantitative estimate of drug-likeness (QED) is 0.493. The number of nitro benzene ring substituents is 1. The molecule has 0 aliphatic heterocycles. The summed E-state index contributed by atoms with van der Waals surface area (Å²) in [5, 5.41) is 20.0. The van der Waals surface area contributed by atoms with E-state index in [2.05, 4.69) is 10.2 Å². The summed E-state index contributed by atoms with van der Waals surface area (Å²) in [5.41, 5.74) is 0.308. The van der Waals surface area contributed by atoms with E-state index in [1.807, 2.05) is 0 Å². The minimum absolute atomic E-state index is 0.0882. The van der Waals surface area contributed by atoms with Crippen LogP contribution in [-0.4, -0.2) is 15.1 Å². The van der Waals surface area contributed by atoms with Crippen molar-refractivity contribution < 1.29 is 4.92 Å². The standard InChI is InChI=1S/C9H5Cl2N3O2S/c10-4-8-12-13-9(17-8)6-2-1-5(11)3-7(6)14(15)16/h1-3H,4H2. The second-order valence-electron chi connectivity index (χ2n) is 3.05. The van der Waals surface area contributed by atoms with Crippen molar-refractivity contribution in [1.29, 1.82) is 0 Å². The smallest absolute Gasteiger partial charge is 0.258 e. The monoisotopic (exact) mass is 289 g/mol. The van der Waals surface area contributed by atoms with Crippen molar-refractivity contribution in [2.24, 2.45) is 0 Å². The molecule has 2 rings (SSSR count). The number of halogens is 2. The van der Waals surface area contributed by atoms with E-state index in [0.29, 0.717) is 20.6 Å². The number of rotatable bonds is 3. The highest BCUT2D eigenvalue weighted by molar-refractivity contribution is 7.14. The van der Waals surface area contributed by atoms with E-state index in [9.17, 15) is 10.1 Å². The Bertz CT molecular complexity index is 573. The van der Waals surface area contributed by atoms with Crippen LogP contribution in [0.5, 0.6) is 0 Å². The third-order valence-corrected chi connectivity index (χ3v) is 3.57. The lowest BCUT2D eigenvalue weighted by molar-refractivity contribution is -0.384. The molecule has 0 saturated carbocycles. The predicted molar refractivity (Wildman–Crippen MR) is 66.6 cm³/mol. The maximum Gasteiger partial charge on any atom is 0.281 e. The fraction of sp³-hybridized carbons (Fsp3) is 0.111. The van der Waals surface area contributed by atoms with Gasteiger partial charge in [0, 0.05) is 11.1 Å². The summed E-state index contributed by atoms with van der Waals surface area (Å²) < 4.78 is 0. The SMILES string of the molecule is O=[N+]([O-])c1cc(Cl)ccc1-c1nnc(CCl)s1. The van der Waals surface area contributed by atoms with Gasteiger partial charge in [0.2, 0.25) is 0 Å². The van der Waals surface area contributed by atoms with E-state index in [1.54, 1.807) is 12.1 Å². The van der Waals surface area contributed by atoms with Crippen molar-refractivity contribution >= 4 is 40.2 Å². The summed E-state index contributed by atoms with van der Waals surface area (Å²) in [5.74, 6) is 0.235. The molecule has 0 amide bonds. The van der Waals surface area contributed by atoms with Crippen molar-refractivity contribution in [3.63, 3.8) is 0 Å². The van der Waals surface area contributed by atoms with Crippen LogP contribution < -0.4 is 0 Å². The molecule has 1 aromatic heterocycles. The first-order chi connectivity index (χ1) is 8.11. The maximum absolute atomic E-state index is 10.9. The summed E-state index contributed by atoms with van der Waals surface area (Å²) in [4.78, 5) is 10.4. The van der Waals surface area contributed by atoms with Crippen LogP contribution in [0, 0.1) is 10.1 Å². The van der Waals surface area contributed by atoms with Gasteiger partial charge in [-0.2, -0.15) is 0 Å². The minimum Gasteiger partial charge on any atom is -0.258 e. The van der Waals surface area contributed by atoms with Crippen LogP contribution in [-0.2, 0) is 5.88 Å². The number of aromatic nitrogens is 2. The van der Waals surface area contributed by atoms with Gasteiger partial charge in [-0.3, -0.25) is 10.1 Å². The lowest BCUT2D eigenvalue weighted by Gasteiger charge is -1.98. The van der Waals surface area contributed by atoms with E-state index in [1.165, 1.54) is 17.4 Å². The Morgan fingerprint density at radius 3 is 2.76 bits per heavy atom. The van der Waals surface area contributed by atoms with Gasteiger partial charge in [0.15, 0.2) is 5.01 Å². The van der Waals surface area contributed by atoms with Gasteiger partial charge in [-0.25, -0.2) is 0 Å². The van der Waals surface area contributed by atoms with Gasteiger partial charge in [0.05, 0.1) is 16.4 Å². The molecule has 0 N–H and O–H groups in total. The van der Waals surface area contributed by atoms with E-state index in [4.69, 9.17) is 23.2 Å². The minimum atomic E-state index is -0.497. The number of nitro groups is 1. The van der Waals surface area contributed by atoms with Crippen molar-refractivity contribution in [3.05, 3.63) is 38.3 Å². The third-order valence-electron chi connectivity index (χ3n) is 1.97. The topological polar surface area (TPSA) is 68.9 Å². The second kappa shape index (κ2) is 4.95. The number of benzene rings is 1.